The molecule has 2 aliphatic heterocycles. The topological polar surface area (TPSA) is 68.4 Å². The summed E-state index contributed by atoms with van der Waals surface area (Å²) in [5, 5.41) is 2.75. The Hall–Kier alpha value is -3.28. The molecule has 0 spiro atoms. The summed E-state index contributed by atoms with van der Waals surface area (Å²) in [4.78, 5) is 31.2. The summed E-state index contributed by atoms with van der Waals surface area (Å²) >= 11 is 0. The summed E-state index contributed by atoms with van der Waals surface area (Å²) in [6.07, 6.45) is 3.53. The summed E-state index contributed by atoms with van der Waals surface area (Å²) in [5.41, 5.74) is 5.53. The molecule has 3 aromatic rings. The number of hydrogen-bond acceptors (Lipinski definition) is 3. The zero-order valence-corrected chi connectivity index (χ0v) is 15.7. The number of aromatic amines is 1. The molecule has 0 radical (unpaired) electrons. The minimum atomic E-state index is -0.652. The van der Waals surface area contributed by atoms with E-state index in [1.165, 1.54) is 0 Å². The Labute approximate surface area is 163 Å². The molecule has 3 heterocycles. The highest BCUT2D eigenvalue weighted by atomic mass is 16.2. The number of carbonyl (C=O) groups excluding carboxylic acids is 2. The SMILES string of the molecule is C[C@@]12CCC(=O)N1[C@@H](Cc1c[nH]c3ccccc13)C(=O)N2Nc1ccccc1. The third-order valence-electron chi connectivity index (χ3n) is 6.00. The molecule has 0 bridgehead atoms. The van der Waals surface area contributed by atoms with Crippen molar-refractivity contribution >= 4 is 28.4 Å². The van der Waals surface area contributed by atoms with Crippen molar-refractivity contribution in [2.75, 3.05) is 5.43 Å². The van der Waals surface area contributed by atoms with E-state index in [0.29, 0.717) is 19.3 Å². The molecule has 28 heavy (non-hydrogen) atoms. The van der Waals surface area contributed by atoms with Gasteiger partial charge in [-0.2, -0.15) is 0 Å². The van der Waals surface area contributed by atoms with Gasteiger partial charge in [-0.25, -0.2) is 5.01 Å². The van der Waals surface area contributed by atoms with Gasteiger partial charge in [-0.05, 0) is 37.1 Å². The second kappa shape index (κ2) is 6.12. The van der Waals surface area contributed by atoms with Crippen molar-refractivity contribution < 1.29 is 9.59 Å². The van der Waals surface area contributed by atoms with Crippen LogP contribution in [0, 0.1) is 0 Å². The van der Waals surface area contributed by atoms with Crippen LogP contribution in [-0.2, 0) is 16.0 Å². The number of carbonyl (C=O) groups is 2. The standard InChI is InChI=1S/C22H22N4O2/c1-22-12-11-20(27)25(22)19(13-15-14-23-18-10-6-5-9-17(15)18)21(28)26(22)24-16-7-3-2-4-8-16/h2-10,14,19,23-24H,11-13H2,1H3/t19-,22+/m0/s1. The van der Waals surface area contributed by atoms with E-state index in [2.05, 4.69) is 10.4 Å². The Balaban J connectivity index is 1.51. The zero-order valence-electron chi connectivity index (χ0n) is 15.7. The van der Waals surface area contributed by atoms with Crippen molar-refractivity contribution in [3.05, 3.63) is 66.4 Å². The predicted molar refractivity (Wildman–Crippen MR) is 107 cm³/mol. The smallest absolute Gasteiger partial charge is 0.266 e. The summed E-state index contributed by atoms with van der Waals surface area (Å²) in [5.74, 6) is -0.0252. The number of anilines is 1. The normalized spacial score (nSPS) is 24.2. The summed E-state index contributed by atoms with van der Waals surface area (Å²) < 4.78 is 0. The van der Waals surface area contributed by atoms with Crippen LogP contribution in [0.4, 0.5) is 5.69 Å². The number of hydrogen-bond donors (Lipinski definition) is 2. The molecule has 6 heteroatoms. The number of nitrogens with one attached hydrogen (secondary N) is 2. The molecule has 2 aliphatic rings. The number of fused-ring (bicyclic) bond motifs is 2. The van der Waals surface area contributed by atoms with Crippen LogP contribution >= 0.6 is 0 Å². The first-order valence-electron chi connectivity index (χ1n) is 9.61. The largest absolute Gasteiger partial charge is 0.361 e. The Morgan fingerprint density at radius 2 is 1.86 bits per heavy atom. The fourth-order valence-corrected chi connectivity index (χ4v) is 4.58. The van der Waals surface area contributed by atoms with Gasteiger partial charge in [0.25, 0.3) is 5.91 Å². The number of nitrogens with zero attached hydrogens (tertiary/aromatic N) is 2. The average Bonchev–Trinajstić information content (AvgIpc) is 3.31. The van der Waals surface area contributed by atoms with Crippen LogP contribution in [0.25, 0.3) is 10.9 Å². The van der Waals surface area contributed by atoms with Crippen molar-refractivity contribution in [2.24, 2.45) is 0 Å². The van der Waals surface area contributed by atoms with Crippen molar-refractivity contribution in [2.45, 2.75) is 37.9 Å². The van der Waals surface area contributed by atoms with E-state index < -0.39 is 11.7 Å². The Morgan fingerprint density at radius 1 is 1.11 bits per heavy atom. The fourth-order valence-electron chi connectivity index (χ4n) is 4.58. The zero-order chi connectivity index (χ0) is 19.3. The van der Waals surface area contributed by atoms with Crippen LogP contribution in [0.1, 0.15) is 25.3 Å². The average molecular weight is 374 g/mol. The van der Waals surface area contributed by atoms with E-state index in [9.17, 15) is 9.59 Å². The molecule has 2 fully saturated rings. The highest BCUT2D eigenvalue weighted by molar-refractivity contribution is 5.95. The molecule has 1 aromatic heterocycles. The van der Waals surface area contributed by atoms with Gasteiger partial charge in [-0.15, -0.1) is 0 Å². The van der Waals surface area contributed by atoms with E-state index in [1.54, 1.807) is 9.91 Å². The molecule has 2 amide bonds. The molecule has 6 nitrogen and oxygen atoms in total. The lowest BCUT2D eigenvalue weighted by atomic mass is 10.0. The maximum absolute atomic E-state index is 13.4. The van der Waals surface area contributed by atoms with E-state index in [-0.39, 0.29) is 11.8 Å². The minimum absolute atomic E-state index is 0.0399. The van der Waals surface area contributed by atoms with Crippen molar-refractivity contribution in [1.29, 1.82) is 0 Å². The van der Waals surface area contributed by atoms with E-state index >= 15 is 0 Å². The molecule has 0 unspecified atom stereocenters. The number of hydrazine groups is 1. The molecule has 2 N–H and O–H groups in total. The Bertz CT molecular complexity index is 1060. The Morgan fingerprint density at radius 3 is 2.68 bits per heavy atom. The van der Waals surface area contributed by atoms with Crippen LogP contribution in [0.3, 0.4) is 0 Å². The quantitative estimate of drug-likeness (QED) is 0.736. The predicted octanol–water partition coefficient (Wildman–Crippen LogP) is 3.29. The van der Waals surface area contributed by atoms with E-state index in [4.69, 9.17) is 0 Å². The summed E-state index contributed by atoms with van der Waals surface area (Å²) in [6.45, 7) is 1.97. The number of amides is 2. The number of rotatable bonds is 4. The molecular weight excluding hydrogens is 352 g/mol. The summed E-state index contributed by atoms with van der Waals surface area (Å²) in [7, 11) is 0. The van der Waals surface area contributed by atoms with E-state index in [1.807, 2.05) is 67.7 Å². The first-order valence-corrected chi connectivity index (χ1v) is 9.61. The molecule has 0 saturated carbocycles. The van der Waals surface area contributed by atoms with Gasteiger partial charge in [0.2, 0.25) is 5.91 Å². The van der Waals surface area contributed by atoms with Gasteiger partial charge >= 0.3 is 0 Å². The van der Waals surface area contributed by atoms with E-state index in [0.717, 1.165) is 22.2 Å². The van der Waals surface area contributed by atoms with Gasteiger partial charge in [-0.3, -0.25) is 15.0 Å². The van der Waals surface area contributed by atoms with Gasteiger partial charge < -0.3 is 9.88 Å². The molecule has 2 atom stereocenters. The van der Waals surface area contributed by atoms with Gasteiger partial charge in [-0.1, -0.05) is 36.4 Å². The molecule has 0 aliphatic carbocycles. The van der Waals surface area contributed by atoms with Gasteiger partial charge in [0, 0.05) is 29.9 Å². The van der Waals surface area contributed by atoms with Gasteiger partial charge in [0.05, 0.1) is 5.69 Å². The van der Waals surface area contributed by atoms with Crippen LogP contribution in [0.2, 0.25) is 0 Å². The second-order valence-electron chi connectivity index (χ2n) is 7.71. The number of H-pyrrole nitrogens is 1. The third-order valence-corrected chi connectivity index (χ3v) is 6.00. The van der Waals surface area contributed by atoms with Crippen molar-refractivity contribution in [3.63, 3.8) is 0 Å². The highest BCUT2D eigenvalue weighted by Gasteiger charge is 2.59. The first kappa shape index (κ1) is 16.9. The number of aromatic nitrogens is 1. The Kier molecular flexibility index (Phi) is 3.69. The van der Waals surface area contributed by atoms with Crippen LogP contribution in [0.15, 0.2) is 60.8 Å². The lowest BCUT2D eigenvalue weighted by Crippen LogP contribution is -2.51. The molecule has 5 rings (SSSR count). The monoisotopic (exact) mass is 374 g/mol. The van der Waals surface area contributed by atoms with Crippen molar-refractivity contribution in [1.82, 2.24) is 14.9 Å². The lowest BCUT2D eigenvalue weighted by molar-refractivity contribution is -0.134. The summed E-state index contributed by atoms with van der Waals surface area (Å²) in [6, 6.07) is 17.2. The molecule has 142 valence electrons. The first-order chi connectivity index (χ1) is 13.6. The number of benzene rings is 2. The minimum Gasteiger partial charge on any atom is -0.361 e. The van der Waals surface area contributed by atoms with Gasteiger partial charge in [0.1, 0.15) is 11.7 Å². The van der Waals surface area contributed by atoms with Gasteiger partial charge in [0.15, 0.2) is 0 Å². The van der Waals surface area contributed by atoms with Crippen LogP contribution < -0.4 is 5.43 Å². The highest BCUT2D eigenvalue weighted by Crippen LogP contribution is 2.42. The van der Waals surface area contributed by atoms with Crippen LogP contribution in [0.5, 0.6) is 0 Å². The maximum atomic E-state index is 13.4. The lowest BCUT2D eigenvalue weighted by Gasteiger charge is -2.36. The second-order valence-corrected chi connectivity index (χ2v) is 7.71. The molecule has 2 saturated heterocycles. The third kappa shape index (κ3) is 2.41. The number of para-hydroxylation sites is 2. The maximum Gasteiger partial charge on any atom is 0.266 e. The molecule has 2 aromatic carbocycles. The fraction of sp³-hybridized carbons (Fsp3) is 0.273. The van der Waals surface area contributed by atoms with Crippen LogP contribution in [-0.4, -0.2) is 38.4 Å². The van der Waals surface area contributed by atoms with Crippen molar-refractivity contribution in [3.8, 4) is 0 Å². The molecular formula is C22H22N4O2.